The van der Waals surface area contributed by atoms with Gasteiger partial charge in [0.15, 0.2) is 5.78 Å². The highest BCUT2D eigenvalue weighted by Gasteiger charge is 2.01. The van der Waals surface area contributed by atoms with Crippen molar-refractivity contribution in [2.75, 3.05) is 5.32 Å². The van der Waals surface area contributed by atoms with Crippen LogP contribution in [0.3, 0.4) is 0 Å². The van der Waals surface area contributed by atoms with E-state index in [1.165, 1.54) is 0 Å². The molecule has 0 amide bonds. The Morgan fingerprint density at radius 1 is 1.27 bits per heavy atom. The fraction of sp³-hybridized carbons (Fsp3) is 0.176. The van der Waals surface area contributed by atoms with Gasteiger partial charge in [-0.3, -0.25) is 4.79 Å². The number of aryl methyl sites for hydroxylation is 1. The van der Waals surface area contributed by atoms with Gasteiger partial charge in [0.25, 0.3) is 0 Å². The molecule has 0 atom stereocenters. The first-order valence-corrected chi connectivity index (χ1v) is 7.71. The average molecular weight is 360 g/mol. The summed E-state index contributed by atoms with van der Waals surface area (Å²) in [7, 11) is 1.94. The minimum Gasteiger partial charge on any atom is -0.340 e. The van der Waals surface area contributed by atoms with Gasteiger partial charge in [-0.15, -0.1) is 0 Å². The smallest absolute Gasteiger partial charge is 0.159 e. The predicted octanol–water partition coefficient (Wildman–Crippen LogP) is 3.86. The molecule has 0 aliphatic carbocycles. The fourth-order valence-electron chi connectivity index (χ4n) is 1.92. The minimum absolute atomic E-state index is 0.0581. The van der Waals surface area contributed by atoms with E-state index in [1.54, 1.807) is 19.1 Å². The van der Waals surface area contributed by atoms with Gasteiger partial charge in [-0.25, -0.2) is 4.99 Å². The molecule has 0 unspecified atom stereocenters. The van der Waals surface area contributed by atoms with Crippen LogP contribution in [0.5, 0.6) is 0 Å². The van der Waals surface area contributed by atoms with Gasteiger partial charge in [0, 0.05) is 24.5 Å². The van der Waals surface area contributed by atoms with Gasteiger partial charge in [0.2, 0.25) is 0 Å². The lowest BCUT2D eigenvalue weighted by atomic mass is 10.1. The molecule has 5 heteroatoms. The SMILES string of the molecule is C/C=C(\N=c1\c(Br)cccn1C)Nc1ccc(C(C)=O)cc1. The number of nitrogens with one attached hydrogen (secondary N) is 1. The van der Waals surface area contributed by atoms with E-state index < -0.39 is 0 Å². The molecule has 1 N–H and O–H groups in total. The molecule has 114 valence electrons. The van der Waals surface area contributed by atoms with Gasteiger partial charge >= 0.3 is 0 Å². The van der Waals surface area contributed by atoms with E-state index in [4.69, 9.17) is 0 Å². The number of halogens is 1. The second-order valence-corrected chi connectivity index (χ2v) is 5.69. The minimum atomic E-state index is 0.0581. The van der Waals surface area contributed by atoms with Crippen LogP contribution < -0.4 is 10.8 Å². The fourth-order valence-corrected chi connectivity index (χ4v) is 2.44. The van der Waals surface area contributed by atoms with Crippen molar-refractivity contribution in [1.82, 2.24) is 4.57 Å². The summed E-state index contributed by atoms with van der Waals surface area (Å²) < 4.78 is 2.86. The van der Waals surface area contributed by atoms with Gasteiger partial charge in [-0.1, -0.05) is 0 Å². The summed E-state index contributed by atoms with van der Waals surface area (Å²) in [5.41, 5.74) is 2.40. The number of anilines is 1. The van der Waals surface area contributed by atoms with E-state index in [0.29, 0.717) is 5.56 Å². The van der Waals surface area contributed by atoms with E-state index in [9.17, 15) is 4.79 Å². The summed E-state index contributed by atoms with van der Waals surface area (Å²) in [4.78, 5) is 15.9. The van der Waals surface area contributed by atoms with Crippen LogP contribution in [0.4, 0.5) is 5.69 Å². The molecule has 0 aliphatic heterocycles. The van der Waals surface area contributed by atoms with Crippen LogP contribution in [0.25, 0.3) is 0 Å². The molecule has 2 aromatic rings. The number of hydrogen-bond acceptors (Lipinski definition) is 3. The summed E-state index contributed by atoms with van der Waals surface area (Å²) >= 11 is 3.51. The molecule has 0 saturated heterocycles. The third-order valence-corrected chi connectivity index (χ3v) is 3.78. The molecule has 0 radical (unpaired) electrons. The second kappa shape index (κ2) is 7.22. The lowest BCUT2D eigenvalue weighted by Gasteiger charge is -2.08. The topological polar surface area (TPSA) is 46.4 Å². The Balaban J connectivity index is 2.29. The summed E-state index contributed by atoms with van der Waals surface area (Å²) in [5, 5.41) is 3.25. The maximum atomic E-state index is 11.3. The first kappa shape index (κ1) is 16.2. The third kappa shape index (κ3) is 3.95. The second-order valence-electron chi connectivity index (χ2n) is 4.83. The molecular formula is C17H18BrN3O. The molecule has 0 bridgehead atoms. The van der Waals surface area contributed by atoms with Gasteiger partial charge in [0.05, 0.1) is 4.47 Å². The van der Waals surface area contributed by atoms with Crippen molar-refractivity contribution in [2.45, 2.75) is 13.8 Å². The summed E-state index contributed by atoms with van der Waals surface area (Å²) in [6.07, 6.45) is 3.84. The third-order valence-electron chi connectivity index (χ3n) is 3.16. The van der Waals surface area contributed by atoms with Crippen LogP contribution in [-0.2, 0) is 7.05 Å². The normalized spacial score (nSPS) is 12.4. The van der Waals surface area contributed by atoms with Crippen LogP contribution in [-0.4, -0.2) is 10.4 Å². The van der Waals surface area contributed by atoms with E-state index in [0.717, 1.165) is 21.5 Å². The number of carbonyl (C=O) groups is 1. The van der Waals surface area contributed by atoms with Crippen LogP contribution in [0.1, 0.15) is 24.2 Å². The number of aromatic nitrogens is 1. The lowest BCUT2D eigenvalue weighted by Crippen LogP contribution is -2.19. The Bertz CT molecular complexity index is 750. The highest BCUT2D eigenvalue weighted by Crippen LogP contribution is 2.13. The molecule has 0 saturated carbocycles. The van der Waals surface area contributed by atoms with Crippen molar-refractivity contribution in [3.63, 3.8) is 0 Å². The van der Waals surface area contributed by atoms with Gasteiger partial charge in [-0.2, -0.15) is 0 Å². The lowest BCUT2D eigenvalue weighted by molar-refractivity contribution is 0.101. The number of carbonyl (C=O) groups excluding carboxylic acids is 1. The molecule has 0 fully saturated rings. The van der Waals surface area contributed by atoms with Gasteiger partial charge in [-0.05, 0) is 72.3 Å². The van der Waals surface area contributed by atoms with E-state index in [2.05, 4.69) is 26.2 Å². The summed E-state index contributed by atoms with van der Waals surface area (Å²) in [6.45, 7) is 3.48. The molecule has 1 heterocycles. The zero-order chi connectivity index (χ0) is 16.1. The Morgan fingerprint density at radius 3 is 2.50 bits per heavy atom. The van der Waals surface area contributed by atoms with E-state index in [-0.39, 0.29) is 5.78 Å². The van der Waals surface area contributed by atoms with Gasteiger partial charge in [0.1, 0.15) is 11.3 Å². The Labute approximate surface area is 138 Å². The number of nitrogens with zero attached hydrogens (tertiary/aromatic N) is 2. The Hall–Kier alpha value is -2.14. The molecular weight excluding hydrogens is 342 g/mol. The zero-order valence-electron chi connectivity index (χ0n) is 12.8. The van der Waals surface area contributed by atoms with Crippen LogP contribution in [0, 0.1) is 0 Å². The van der Waals surface area contributed by atoms with Crippen molar-refractivity contribution in [3.8, 4) is 0 Å². The molecule has 2 rings (SSSR count). The number of benzene rings is 1. The Kier molecular flexibility index (Phi) is 5.33. The number of pyridine rings is 1. The quantitative estimate of drug-likeness (QED) is 0.842. The van der Waals surface area contributed by atoms with Crippen LogP contribution in [0.2, 0.25) is 0 Å². The monoisotopic (exact) mass is 359 g/mol. The average Bonchev–Trinajstić information content (AvgIpc) is 2.50. The molecule has 22 heavy (non-hydrogen) atoms. The Morgan fingerprint density at radius 2 is 1.95 bits per heavy atom. The molecule has 0 aliphatic rings. The van der Waals surface area contributed by atoms with E-state index >= 15 is 0 Å². The van der Waals surface area contributed by atoms with Gasteiger partial charge < -0.3 is 9.88 Å². The number of rotatable bonds is 4. The maximum absolute atomic E-state index is 11.3. The molecule has 4 nitrogen and oxygen atoms in total. The number of allylic oxidation sites excluding steroid dienone is 1. The van der Waals surface area contributed by atoms with Crippen LogP contribution in [0.15, 0.2) is 64.0 Å². The van der Waals surface area contributed by atoms with E-state index in [1.807, 2.05) is 55.1 Å². The maximum Gasteiger partial charge on any atom is 0.159 e. The van der Waals surface area contributed by atoms with Crippen molar-refractivity contribution in [3.05, 3.63) is 70.0 Å². The first-order valence-electron chi connectivity index (χ1n) is 6.91. The predicted molar refractivity (Wildman–Crippen MR) is 92.5 cm³/mol. The molecule has 1 aromatic heterocycles. The standard InChI is InChI=1S/C17H18BrN3O/c1-4-16(20-17-15(18)6-5-11-21(17)3)19-14-9-7-13(8-10-14)12(2)22/h4-11,19H,1-3H3/b16-4-,20-17-. The number of Topliss-reactive ketones (excluding diaryl/α,β-unsaturated/α-hetero) is 1. The van der Waals surface area contributed by atoms with Crippen molar-refractivity contribution >= 4 is 27.4 Å². The van der Waals surface area contributed by atoms with Crippen LogP contribution >= 0.6 is 15.9 Å². The number of ketones is 1. The highest BCUT2D eigenvalue weighted by atomic mass is 79.9. The molecule has 0 spiro atoms. The largest absolute Gasteiger partial charge is 0.340 e. The van der Waals surface area contributed by atoms with Crippen molar-refractivity contribution < 1.29 is 4.79 Å². The number of hydrogen-bond donors (Lipinski definition) is 1. The van der Waals surface area contributed by atoms with Crippen molar-refractivity contribution in [2.24, 2.45) is 12.0 Å². The zero-order valence-corrected chi connectivity index (χ0v) is 14.4. The molecule has 1 aromatic carbocycles. The first-order chi connectivity index (χ1) is 10.5. The highest BCUT2D eigenvalue weighted by molar-refractivity contribution is 9.10. The summed E-state index contributed by atoms with van der Waals surface area (Å²) in [6, 6.07) is 11.2. The summed E-state index contributed by atoms with van der Waals surface area (Å²) in [5.74, 6) is 0.792. The van der Waals surface area contributed by atoms with Crippen molar-refractivity contribution in [1.29, 1.82) is 0 Å².